The molecule has 0 nitrogen and oxygen atoms in total. The van der Waals surface area contributed by atoms with Gasteiger partial charge >= 0.3 is 0 Å². The Morgan fingerprint density at radius 1 is 0.288 bits per heavy atom. The predicted molar refractivity (Wildman–Crippen MR) is 254 cm³/mol. The Morgan fingerprint density at radius 3 is 0.695 bits per heavy atom. The summed E-state index contributed by atoms with van der Waals surface area (Å²) >= 11 is 0. The molecule has 0 spiro atoms. The maximum Gasteiger partial charge on any atom is -0.00577 e. The maximum atomic E-state index is 2.63. The minimum Gasteiger partial charge on any atom is -0.0617 e. The largest absolute Gasteiger partial charge is 0.0617 e. The minimum atomic E-state index is 0.239. The van der Waals surface area contributed by atoms with E-state index in [1.165, 1.54) is 57.8 Å². The molecule has 0 saturated carbocycles. The van der Waals surface area contributed by atoms with Crippen LogP contribution in [0.3, 0.4) is 0 Å². The van der Waals surface area contributed by atoms with E-state index in [9.17, 15) is 0 Å². The Balaban J connectivity index is 0.963. The van der Waals surface area contributed by atoms with Gasteiger partial charge in [0, 0.05) is 0 Å². The molecule has 0 unspecified atom stereocenters. The zero-order valence-electron chi connectivity index (χ0n) is 39.1. The lowest BCUT2D eigenvalue weighted by molar-refractivity contribution is 0.494. The topological polar surface area (TPSA) is 0 Å². The predicted octanol–water partition coefficient (Wildman–Crippen LogP) is 17.4. The molecule has 0 aromatic carbocycles. The summed E-state index contributed by atoms with van der Waals surface area (Å²) in [5.74, 6) is 0. The van der Waals surface area contributed by atoms with Gasteiger partial charge in [0.2, 0.25) is 0 Å². The zero-order valence-corrected chi connectivity index (χ0v) is 39.1. The van der Waals surface area contributed by atoms with E-state index >= 15 is 0 Å². The highest BCUT2D eigenvalue weighted by Gasteiger charge is 2.34. The molecule has 0 heteroatoms. The standard InChI is InChI=1S/C59H72/c1-34-22-40(42-24-36(3)54(30-42)48-18-14-20-50(48)56-32-44(26-38(56)5)58(7,8)9)28-52(34)46-16-13-17-47(46)53-29-41(23-35(53)2)43-25-37(4)55(31-43)49-19-15-21-51(49)57-33-45(27-39(57)6)59(10,11)12/h28-33H,13-27H2,1-12H3. The van der Waals surface area contributed by atoms with Crippen LogP contribution in [0.15, 0.2) is 170 Å². The van der Waals surface area contributed by atoms with Crippen LogP contribution in [-0.4, -0.2) is 0 Å². The fraction of sp³-hybridized carbons (Fsp3) is 0.492. The lowest BCUT2D eigenvalue weighted by atomic mass is 9.85. The summed E-state index contributed by atoms with van der Waals surface area (Å²) in [4.78, 5) is 0. The van der Waals surface area contributed by atoms with Crippen molar-refractivity contribution in [3.05, 3.63) is 170 Å². The molecule has 0 aliphatic heterocycles. The highest BCUT2D eigenvalue weighted by molar-refractivity contribution is 5.70. The van der Waals surface area contributed by atoms with E-state index in [0.717, 1.165) is 38.5 Å². The van der Waals surface area contributed by atoms with E-state index < -0.39 is 0 Å². The second-order valence-electron chi connectivity index (χ2n) is 22.2. The van der Waals surface area contributed by atoms with Crippen molar-refractivity contribution in [2.75, 3.05) is 0 Å². The van der Waals surface area contributed by atoms with Crippen molar-refractivity contribution in [3.8, 4) is 0 Å². The first-order chi connectivity index (χ1) is 28.0. The molecule has 0 radical (unpaired) electrons. The van der Waals surface area contributed by atoms with Crippen molar-refractivity contribution >= 4 is 0 Å². The molecule has 59 heavy (non-hydrogen) atoms. The zero-order chi connectivity index (χ0) is 41.7. The smallest absolute Gasteiger partial charge is 0.00577 e. The first kappa shape index (κ1) is 40.5. The van der Waals surface area contributed by atoms with Crippen molar-refractivity contribution < 1.29 is 0 Å². The van der Waals surface area contributed by atoms with Gasteiger partial charge in [0.25, 0.3) is 0 Å². The first-order valence-electron chi connectivity index (χ1n) is 23.6. The van der Waals surface area contributed by atoms with Crippen LogP contribution in [0.25, 0.3) is 0 Å². The van der Waals surface area contributed by atoms with Gasteiger partial charge in [-0.15, -0.1) is 0 Å². The van der Waals surface area contributed by atoms with Gasteiger partial charge in [0.1, 0.15) is 0 Å². The summed E-state index contributed by atoms with van der Waals surface area (Å²) in [6, 6.07) is 0. The number of allylic oxidation sites excluding steroid dienone is 30. The third kappa shape index (κ3) is 7.27. The molecule has 0 amide bonds. The summed E-state index contributed by atoms with van der Waals surface area (Å²) in [5.41, 5.74) is 38.7. The Labute approximate surface area is 359 Å². The Hall–Kier alpha value is -3.90. The molecule has 0 N–H and O–H groups in total. The molecule has 0 atom stereocenters. The molecule has 308 valence electrons. The minimum absolute atomic E-state index is 0.239. The van der Waals surface area contributed by atoms with Crippen LogP contribution in [-0.2, 0) is 0 Å². The Bertz CT molecular complexity index is 2290. The second-order valence-corrected chi connectivity index (χ2v) is 22.2. The fourth-order valence-electron chi connectivity index (χ4n) is 12.2. The van der Waals surface area contributed by atoms with Crippen molar-refractivity contribution in [3.63, 3.8) is 0 Å². The van der Waals surface area contributed by atoms with Gasteiger partial charge in [-0.05, 0) is 238 Å². The quantitative estimate of drug-likeness (QED) is 0.230. The summed E-state index contributed by atoms with van der Waals surface area (Å²) in [5, 5.41) is 0. The Kier molecular flexibility index (Phi) is 10.2. The molecule has 9 aliphatic carbocycles. The van der Waals surface area contributed by atoms with E-state index in [4.69, 9.17) is 0 Å². The number of hydrogen-bond donors (Lipinski definition) is 0. The molecular weight excluding hydrogens is 709 g/mol. The van der Waals surface area contributed by atoms with Crippen LogP contribution in [0.4, 0.5) is 0 Å². The Morgan fingerprint density at radius 2 is 0.492 bits per heavy atom. The third-order valence-corrected chi connectivity index (χ3v) is 15.8. The molecule has 9 rings (SSSR count). The summed E-state index contributed by atoms with van der Waals surface area (Å²) < 4.78 is 0. The fourth-order valence-corrected chi connectivity index (χ4v) is 12.2. The van der Waals surface area contributed by atoms with Gasteiger partial charge in [-0.25, -0.2) is 0 Å². The molecule has 0 aromatic heterocycles. The van der Waals surface area contributed by atoms with E-state index in [1.54, 1.807) is 134 Å². The van der Waals surface area contributed by atoms with E-state index in [2.05, 4.69) is 120 Å². The second kappa shape index (κ2) is 14.9. The van der Waals surface area contributed by atoms with Crippen LogP contribution < -0.4 is 0 Å². The van der Waals surface area contributed by atoms with Gasteiger partial charge in [-0.2, -0.15) is 0 Å². The monoisotopic (exact) mass is 781 g/mol. The van der Waals surface area contributed by atoms with E-state index in [-0.39, 0.29) is 10.8 Å². The van der Waals surface area contributed by atoms with Crippen LogP contribution in [0, 0.1) is 10.8 Å². The molecule has 0 saturated heterocycles. The number of rotatable bonds is 8. The first-order valence-corrected chi connectivity index (χ1v) is 23.6. The molecule has 0 aromatic rings. The molecule has 0 bridgehead atoms. The van der Waals surface area contributed by atoms with Gasteiger partial charge < -0.3 is 0 Å². The van der Waals surface area contributed by atoms with Gasteiger partial charge in [0.15, 0.2) is 0 Å². The normalized spacial score (nSPS) is 24.6. The highest BCUT2D eigenvalue weighted by Crippen LogP contribution is 2.52. The van der Waals surface area contributed by atoms with Crippen LogP contribution in [0.5, 0.6) is 0 Å². The molecule has 9 aliphatic rings. The lowest BCUT2D eigenvalue weighted by Crippen LogP contribution is -2.07. The average Bonchev–Trinajstić information content (AvgIpc) is 3.99. The van der Waals surface area contributed by atoms with Gasteiger partial charge in [-0.3, -0.25) is 0 Å². The summed E-state index contributed by atoms with van der Waals surface area (Å²) in [6.07, 6.45) is 33.6. The summed E-state index contributed by atoms with van der Waals surface area (Å²) in [7, 11) is 0. The van der Waals surface area contributed by atoms with Crippen LogP contribution in [0.1, 0.15) is 179 Å². The van der Waals surface area contributed by atoms with E-state index in [1.807, 2.05) is 0 Å². The SMILES string of the molecule is CC1=C(C2=C(C3=C(C)CC(C4=CC(C5=C(C6=C(C)CC(C(C)(C)C)=C6)CCC5)=C(C)C4)=C3)CCC2)C=C(C2=CC(C3=C(C4=C(C)CC(C(C)(C)C)=C4)CCC3)=C(C)C2)C1. The van der Waals surface area contributed by atoms with Crippen LogP contribution >= 0.6 is 0 Å². The number of hydrogen-bond acceptors (Lipinski definition) is 0. The third-order valence-electron chi connectivity index (χ3n) is 15.8. The van der Waals surface area contributed by atoms with Crippen molar-refractivity contribution in [1.29, 1.82) is 0 Å². The van der Waals surface area contributed by atoms with E-state index in [0.29, 0.717) is 0 Å². The maximum absolute atomic E-state index is 2.63. The molecule has 0 heterocycles. The van der Waals surface area contributed by atoms with Crippen molar-refractivity contribution in [2.45, 2.75) is 179 Å². The molecular formula is C59H72. The summed E-state index contributed by atoms with van der Waals surface area (Å²) in [6.45, 7) is 28.7. The molecule has 0 fully saturated rings. The van der Waals surface area contributed by atoms with Crippen molar-refractivity contribution in [1.82, 2.24) is 0 Å². The lowest BCUT2D eigenvalue weighted by Gasteiger charge is -2.20. The van der Waals surface area contributed by atoms with Gasteiger partial charge in [0.05, 0.1) is 0 Å². The van der Waals surface area contributed by atoms with Gasteiger partial charge in [-0.1, -0.05) is 123 Å². The van der Waals surface area contributed by atoms with Crippen molar-refractivity contribution in [2.24, 2.45) is 10.8 Å². The average molecular weight is 781 g/mol. The highest BCUT2D eigenvalue weighted by atomic mass is 14.4. The van der Waals surface area contributed by atoms with Crippen LogP contribution in [0.2, 0.25) is 0 Å².